The molecule has 0 atom stereocenters. The Bertz CT molecular complexity index is 722. The molecule has 27 heavy (non-hydrogen) atoms. The van der Waals surface area contributed by atoms with Gasteiger partial charge in [0, 0.05) is 25.4 Å². The van der Waals surface area contributed by atoms with E-state index in [1.807, 2.05) is 13.0 Å². The van der Waals surface area contributed by atoms with Gasteiger partial charge in [0.1, 0.15) is 0 Å². The minimum atomic E-state index is -1.68. The molecule has 6 heteroatoms. The fourth-order valence-corrected chi connectivity index (χ4v) is 4.08. The van der Waals surface area contributed by atoms with Crippen molar-refractivity contribution >= 4 is 25.9 Å². The second kappa shape index (κ2) is 8.15. The molecule has 1 aromatic rings. The van der Waals surface area contributed by atoms with E-state index in [4.69, 9.17) is 9.16 Å². The van der Waals surface area contributed by atoms with Crippen molar-refractivity contribution in [1.29, 1.82) is 0 Å². The zero-order valence-corrected chi connectivity index (χ0v) is 18.8. The van der Waals surface area contributed by atoms with Crippen LogP contribution in [0.5, 0.6) is 0 Å². The average molecular weight is 392 g/mol. The highest BCUT2D eigenvalue weighted by Crippen LogP contribution is 2.36. The number of ether oxygens (including phenoxy) is 1. The molecule has 150 valence electrons. The molecular formula is C21H33NO4Si. The Morgan fingerprint density at radius 1 is 1.11 bits per heavy atom. The second-order valence-corrected chi connectivity index (χ2v) is 13.6. The maximum absolute atomic E-state index is 11.9. The van der Waals surface area contributed by atoms with Gasteiger partial charge in [-0.3, -0.25) is 0 Å². The predicted octanol–water partition coefficient (Wildman–Crippen LogP) is 4.93. The van der Waals surface area contributed by atoms with E-state index in [9.17, 15) is 9.59 Å². The summed E-state index contributed by atoms with van der Waals surface area (Å²) in [5.74, 6) is -1.08. The molecule has 0 saturated heterocycles. The van der Waals surface area contributed by atoms with Crippen molar-refractivity contribution in [2.45, 2.75) is 65.6 Å². The first-order valence-corrected chi connectivity index (χ1v) is 12.7. The lowest BCUT2D eigenvalue weighted by Crippen LogP contribution is -2.41. The first kappa shape index (κ1) is 21.6. The van der Waals surface area contributed by atoms with E-state index in [-0.39, 0.29) is 5.04 Å². The zero-order valence-electron chi connectivity index (χ0n) is 17.8. The summed E-state index contributed by atoms with van der Waals surface area (Å²) in [5, 5.41) is 0.233. The number of esters is 2. The van der Waals surface area contributed by atoms with Gasteiger partial charge in [0.05, 0.1) is 11.1 Å². The van der Waals surface area contributed by atoms with Crippen LogP contribution in [0.15, 0.2) is 12.1 Å². The molecule has 1 aromatic carbocycles. The molecule has 0 radical (unpaired) electrons. The number of unbranched alkanes of at least 4 members (excludes halogenated alkanes) is 1. The molecule has 0 unspecified atom stereocenters. The van der Waals surface area contributed by atoms with Gasteiger partial charge in [-0.25, -0.2) is 9.59 Å². The van der Waals surface area contributed by atoms with Crippen molar-refractivity contribution in [2.75, 3.05) is 24.6 Å². The Morgan fingerprint density at radius 3 is 2.37 bits per heavy atom. The second-order valence-electron chi connectivity index (χ2n) is 8.76. The summed E-state index contributed by atoms with van der Waals surface area (Å²) < 4.78 is 11.0. The summed E-state index contributed by atoms with van der Waals surface area (Å²) in [6, 6.07) is 3.75. The standard InChI is InChI=1S/C21H33NO4Si/c1-8-22(11-9-10-12-25-27(6,7)21(3,4)5)16-13-15(2)18-17(14-16)19(23)26-20(18)24/h13-14H,8-12H2,1-7H3. The largest absolute Gasteiger partial charge is 0.417 e. The van der Waals surface area contributed by atoms with Crippen molar-refractivity contribution < 1.29 is 18.8 Å². The monoisotopic (exact) mass is 391 g/mol. The van der Waals surface area contributed by atoms with Crippen molar-refractivity contribution in [2.24, 2.45) is 0 Å². The Kier molecular flexibility index (Phi) is 6.53. The fourth-order valence-electron chi connectivity index (χ4n) is 2.99. The van der Waals surface area contributed by atoms with Crippen LogP contribution in [0.3, 0.4) is 0 Å². The Balaban J connectivity index is 1.95. The van der Waals surface area contributed by atoms with Gasteiger partial charge in [-0.1, -0.05) is 20.8 Å². The van der Waals surface area contributed by atoms with Gasteiger partial charge in [-0.2, -0.15) is 0 Å². The first-order valence-electron chi connectivity index (χ1n) is 9.78. The summed E-state index contributed by atoms with van der Waals surface area (Å²) >= 11 is 0. The number of hydrogen-bond donors (Lipinski definition) is 0. The number of carbonyl (C=O) groups excluding carboxylic acids is 2. The van der Waals surface area contributed by atoms with Crippen LogP contribution in [-0.2, 0) is 9.16 Å². The highest BCUT2D eigenvalue weighted by atomic mass is 28.4. The number of cyclic esters (lactones) is 2. The number of benzene rings is 1. The number of anilines is 1. The minimum Gasteiger partial charge on any atom is -0.417 e. The van der Waals surface area contributed by atoms with Crippen LogP contribution in [-0.4, -0.2) is 40.0 Å². The number of rotatable bonds is 8. The van der Waals surface area contributed by atoms with Gasteiger partial charge in [0.2, 0.25) is 0 Å². The molecule has 0 saturated carbocycles. The van der Waals surface area contributed by atoms with Gasteiger partial charge in [-0.05, 0) is 62.5 Å². The van der Waals surface area contributed by atoms with Crippen molar-refractivity contribution in [3.8, 4) is 0 Å². The van der Waals surface area contributed by atoms with Crippen LogP contribution < -0.4 is 4.90 Å². The summed E-state index contributed by atoms with van der Waals surface area (Å²) in [6.07, 6.45) is 2.02. The number of nitrogens with zero attached hydrogens (tertiary/aromatic N) is 1. The zero-order chi connectivity index (χ0) is 20.4. The van der Waals surface area contributed by atoms with E-state index in [1.165, 1.54) is 0 Å². The third kappa shape index (κ3) is 4.79. The summed E-state index contributed by atoms with van der Waals surface area (Å²) in [6.45, 7) is 17.8. The van der Waals surface area contributed by atoms with Gasteiger partial charge in [-0.15, -0.1) is 0 Å². The molecule has 1 aliphatic heterocycles. The maximum atomic E-state index is 11.9. The molecular weight excluding hydrogens is 358 g/mol. The quantitative estimate of drug-likeness (QED) is 0.272. The first-order chi connectivity index (χ1) is 12.5. The molecule has 1 aliphatic rings. The third-order valence-corrected chi connectivity index (χ3v) is 10.3. The molecule has 0 fully saturated rings. The van der Waals surface area contributed by atoms with Gasteiger partial charge >= 0.3 is 11.9 Å². The smallest absolute Gasteiger partial charge is 0.347 e. The molecule has 5 nitrogen and oxygen atoms in total. The maximum Gasteiger partial charge on any atom is 0.347 e. The van der Waals surface area contributed by atoms with Crippen LogP contribution >= 0.6 is 0 Å². The SMILES string of the molecule is CCN(CCCCO[Si](C)(C)C(C)(C)C)c1cc(C)c2c(c1)C(=O)OC2=O. The van der Waals surface area contributed by atoms with Crippen molar-refractivity contribution in [3.05, 3.63) is 28.8 Å². The predicted molar refractivity (Wildman–Crippen MR) is 111 cm³/mol. The lowest BCUT2D eigenvalue weighted by Gasteiger charge is -2.36. The number of carbonyl (C=O) groups is 2. The minimum absolute atomic E-state index is 0.233. The van der Waals surface area contributed by atoms with Crippen LogP contribution in [0.2, 0.25) is 18.1 Å². The molecule has 0 amide bonds. The number of hydrogen-bond acceptors (Lipinski definition) is 5. The average Bonchev–Trinajstić information content (AvgIpc) is 2.84. The molecule has 2 rings (SSSR count). The Morgan fingerprint density at radius 2 is 1.78 bits per heavy atom. The Hall–Kier alpha value is -1.66. The van der Waals surface area contributed by atoms with E-state index in [0.717, 1.165) is 43.8 Å². The number of aryl methyl sites for hydroxylation is 1. The molecule has 0 spiro atoms. The number of fused-ring (bicyclic) bond motifs is 1. The molecule has 1 heterocycles. The van der Waals surface area contributed by atoms with E-state index in [2.05, 4.69) is 45.7 Å². The highest BCUT2D eigenvalue weighted by Gasteiger charge is 2.36. The topological polar surface area (TPSA) is 55.8 Å². The Labute approximate surface area is 164 Å². The van der Waals surface area contributed by atoms with Gasteiger partial charge in [0.15, 0.2) is 8.32 Å². The lowest BCUT2D eigenvalue weighted by molar-refractivity contribution is 0.0443. The van der Waals surface area contributed by atoms with E-state index in [0.29, 0.717) is 11.1 Å². The molecule has 0 N–H and O–H groups in total. The van der Waals surface area contributed by atoms with Crippen LogP contribution in [0.4, 0.5) is 5.69 Å². The van der Waals surface area contributed by atoms with E-state index >= 15 is 0 Å². The molecule has 0 aliphatic carbocycles. The van der Waals surface area contributed by atoms with Crippen molar-refractivity contribution in [3.63, 3.8) is 0 Å². The van der Waals surface area contributed by atoms with Crippen LogP contribution in [0.1, 0.15) is 66.8 Å². The third-order valence-electron chi connectivity index (χ3n) is 5.77. The fraction of sp³-hybridized carbons (Fsp3) is 0.619. The summed E-state index contributed by atoms with van der Waals surface area (Å²) in [5.41, 5.74) is 2.54. The van der Waals surface area contributed by atoms with Crippen LogP contribution in [0, 0.1) is 6.92 Å². The van der Waals surface area contributed by atoms with Gasteiger partial charge in [0.25, 0.3) is 0 Å². The van der Waals surface area contributed by atoms with E-state index in [1.54, 1.807) is 6.07 Å². The van der Waals surface area contributed by atoms with Crippen LogP contribution in [0.25, 0.3) is 0 Å². The van der Waals surface area contributed by atoms with Crippen molar-refractivity contribution in [1.82, 2.24) is 0 Å². The summed E-state index contributed by atoms with van der Waals surface area (Å²) in [7, 11) is -1.68. The lowest BCUT2D eigenvalue weighted by atomic mass is 10.0. The molecule has 0 bridgehead atoms. The van der Waals surface area contributed by atoms with Gasteiger partial charge < -0.3 is 14.1 Å². The normalized spacial score (nSPS) is 14.3. The highest BCUT2D eigenvalue weighted by molar-refractivity contribution is 6.74. The van der Waals surface area contributed by atoms with E-state index < -0.39 is 20.3 Å². The molecule has 0 aromatic heterocycles. The summed E-state index contributed by atoms with van der Waals surface area (Å²) in [4.78, 5) is 25.9.